The van der Waals surface area contributed by atoms with Gasteiger partial charge >= 0.3 is 0 Å². The maximum atomic E-state index is 6.08. The first-order valence-corrected chi connectivity index (χ1v) is 9.26. The van der Waals surface area contributed by atoms with Crippen molar-refractivity contribution >= 4 is 28.7 Å². The third kappa shape index (κ3) is 7.14. The van der Waals surface area contributed by atoms with Crippen molar-refractivity contribution in [3.05, 3.63) is 47.5 Å². The van der Waals surface area contributed by atoms with E-state index in [4.69, 9.17) is 22.1 Å². The number of anilines is 1. The van der Waals surface area contributed by atoms with Crippen LogP contribution in [0.1, 0.15) is 45.4 Å². The molecule has 0 bridgehead atoms. The molecule has 0 fully saturated rings. The van der Waals surface area contributed by atoms with Crippen LogP contribution in [0.4, 0.5) is 17.1 Å². The van der Waals surface area contributed by atoms with E-state index in [-0.39, 0.29) is 0 Å². The maximum Gasteiger partial charge on any atom is 0.119 e. The molecule has 0 atom stereocenters. The maximum absolute atomic E-state index is 6.08. The second-order valence-corrected chi connectivity index (χ2v) is 6.43. The van der Waals surface area contributed by atoms with E-state index in [1.54, 1.807) is 18.2 Å². The van der Waals surface area contributed by atoms with Crippen LogP contribution in [0.5, 0.6) is 5.75 Å². The molecule has 0 amide bonds. The van der Waals surface area contributed by atoms with Crippen molar-refractivity contribution in [2.45, 2.75) is 45.4 Å². The second kappa shape index (κ2) is 10.7. The van der Waals surface area contributed by atoms with Gasteiger partial charge in [-0.15, -0.1) is 5.11 Å². The zero-order chi connectivity index (χ0) is 17.9. The number of unbranched alkanes of at least 4 members (excludes halogenated alkanes) is 5. The molecule has 0 heterocycles. The SMILES string of the molecule is CCCCCCCCOc1ccc(/N=N/c2ccc(N)cc2Cl)cc1. The Bertz CT molecular complexity index is 671. The summed E-state index contributed by atoms with van der Waals surface area (Å²) in [7, 11) is 0. The first-order valence-electron chi connectivity index (χ1n) is 8.88. The number of nitrogens with two attached hydrogens (primary N) is 1. The average Bonchev–Trinajstić information content (AvgIpc) is 2.61. The number of ether oxygens (including phenoxy) is 1. The zero-order valence-electron chi connectivity index (χ0n) is 14.7. The van der Waals surface area contributed by atoms with Crippen LogP contribution < -0.4 is 10.5 Å². The van der Waals surface area contributed by atoms with Gasteiger partial charge in [0.25, 0.3) is 0 Å². The van der Waals surface area contributed by atoms with E-state index in [1.807, 2.05) is 24.3 Å². The van der Waals surface area contributed by atoms with Crippen molar-refractivity contribution < 1.29 is 4.74 Å². The average molecular weight is 360 g/mol. The molecule has 0 radical (unpaired) electrons. The van der Waals surface area contributed by atoms with Gasteiger partial charge in [-0.1, -0.05) is 50.6 Å². The Hall–Kier alpha value is -2.07. The normalized spacial score (nSPS) is 11.1. The molecule has 134 valence electrons. The third-order valence-corrected chi connectivity index (χ3v) is 4.15. The zero-order valence-corrected chi connectivity index (χ0v) is 15.5. The van der Waals surface area contributed by atoms with Crippen LogP contribution in [0.2, 0.25) is 5.02 Å². The molecule has 4 nitrogen and oxygen atoms in total. The summed E-state index contributed by atoms with van der Waals surface area (Å²) in [6.45, 7) is 2.99. The monoisotopic (exact) mass is 359 g/mol. The van der Waals surface area contributed by atoms with Gasteiger partial charge < -0.3 is 10.5 Å². The molecule has 0 saturated carbocycles. The highest BCUT2D eigenvalue weighted by Gasteiger charge is 2.00. The number of benzene rings is 2. The van der Waals surface area contributed by atoms with Crippen molar-refractivity contribution in [2.24, 2.45) is 10.2 Å². The summed E-state index contributed by atoms with van der Waals surface area (Å²) in [5, 5.41) is 8.83. The molecule has 5 heteroatoms. The van der Waals surface area contributed by atoms with Crippen LogP contribution in [0.25, 0.3) is 0 Å². The molecule has 2 aromatic carbocycles. The van der Waals surface area contributed by atoms with Gasteiger partial charge in [0.05, 0.1) is 17.3 Å². The summed E-state index contributed by atoms with van der Waals surface area (Å²) in [5.74, 6) is 0.859. The standard InChI is InChI=1S/C20H26ClN3O/c1-2-3-4-5-6-7-14-25-18-11-9-17(10-12-18)23-24-20-13-8-16(22)15-19(20)21/h8-13,15H,2-7,14,22H2,1H3/b24-23+. The molecule has 0 unspecified atom stereocenters. The van der Waals surface area contributed by atoms with Crippen LogP contribution in [0.3, 0.4) is 0 Å². The molecule has 2 rings (SSSR count). The highest BCUT2D eigenvalue weighted by Crippen LogP contribution is 2.29. The molecule has 0 saturated heterocycles. The van der Waals surface area contributed by atoms with Crippen molar-refractivity contribution in [2.75, 3.05) is 12.3 Å². The van der Waals surface area contributed by atoms with E-state index >= 15 is 0 Å². The fourth-order valence-corrected chi connectivity index (χ4v) is 2.62. The van der Waals surface area contributed by atoms with Gasteiger partial charge in [-0.3, -0.25) is 0 Å². The minimum atomic E-state index is 0.489. The van der Waals surface area contributed by atoms with Crippen LogP contribution in [0, 0.1) is 0 Å². The molecule has 0 aliphatic heterocycles. The van der Waals surface area contributed by atoms with Gasteiger partial charge in [0.2, 0.25) is 0 Å². The van der Waals surface area contributed by atoms with Gasteiger partial charge in [-0.05, 0) is 48.9 Å². The third-order valence-electron chi connectivity index (χ3n) is 3.85. The second-order valence-electron chi connectivity index (χ2n) is 6.02. The minimum Gasteiger partial charge on any atom is -0.494 e. The summed E-state index contributed by atoms with van der Waals surface area (Å²) in [6.07, 6.45) is 7.57. The van der Waals surface area contributed by atoms with E-state index in [0.717, 1.165) is 24.5 Å². The summed E-state index contributed by atoms with van der Waals surface area (Å²) in [6, 6.07) is 12.7. The molecule has 0 aliphatic carbocycles. The fourth-order valence-electron chi connectivity index (χ4n) is 2.40. The number of hydrogen-bond donors (Lipinski definition) is 1. The van der Waals surface area contributed by atoms with E-state index in [2.05, 4.69) is 17.2 Å². The van der Waals surface area contributed by atoms with Crippen molar-refractivity contribution in [1.29, 1.82) is 0 Å². The smallest absolute Gasteiger partial charge is 0.119 e. The Morgan fingerprint density at radius 1 is 0.920 bits per heavy atom. The molecule has 0 spiro atoms. The number of hydrogen-bond acceptors (Lipinski definition) is 4. The van der Waals surface area contributed by atoms with Crippen molar-refractivity contribution in [3.8, 4) is 5.75 Å². The summed E-state index contributed by atoms with van der Waals surface area (Å²) < 4.78 is 5.76. The number of azo groups is 1. The van der Waals surface area contributed by atoms with Crippen LogP contribution >= 0.6 is 11.6 Å². The minimum absolute atomic E-state index is 0.489. The topological polar surface area (TPSA) is 60.0 Å². The van der Waals surface area contributed by atoms with Crippen molar-refractivity contribution in [1.82, 2.24) is 0 Å². The quantitative estimate of drug-likeness (QED) is 0.280. The van der Waals surface area contributed by atoms with E-state index in [1.165, 1.54) is 32.1 Å². The van der Waals surface area contributed by atoms with Crippen LogP contribution in [0.15, 0.2) is 52.7 Å². The Labute approximate surface area is 155 Å². The van der Waals surface area contributed by atoms with E-state index < -0.39 is 0 Å². The van der Waals surface area contributed by atoms with Gasteiger partial charge in [0.15, 0.2) is 0 Å². The molecule has 0 aliphatic rings. The first-order chi connectivity index (χ1) is 12.2. The molecule has 0 aromatic heterocycles. The molecule has 25 heavy (non-hydrogen) atoms. The number of nitrogens with zero attached hydrogens (tertiary/aromatic N) is 2. The number of halogens is 1. The van der Waals surface area contributed by atoms with Gasteiger partial charge in [0.1, 0.15) is 11.4 Å². The summed E-state index contributed by atoms with van der Waals surface area (Å²) in [5.41, 5.74) is 7.61. The molecule has 2 aromatic rings. The van der Waals surface area contributed by atoms with Gasteiger partial charge in [-0.25, -0.2) is 0 Å². The first kappa shape index (κ1) is 19.3. The largest absolute Gasteiger partial charge is 0.494 e. The van der Waals surface area contributed by atoms with Crippen LogP contribution in [-0.2, 0) is 0 Å². The van der Waals surface area contributed by atoms with E-state index in [0.29, 0.717) is 16.4 Å². The lowest BCUT2D eigenvalue weighted by Gasteiger charge is -2.06. The number of rotatable bonds is 10. The Morgan fingerprint density at radius 2 is 1.64 bits per heavy atom. The van der Waals surface area contributed by atoms with Gasteiger partial charge in [-0.2, -0.15) is 5.11 Å². The predicted octanol–water partition coefficient (Wildman–Crippen LogP) is 7.08. The fraction of sp³-hybridized carbons (Fsp3) is 0.400. The van der Waals surface area contributed by atoms with E-state index in [9.17, 15) is 0 Å². The Morgan fingerprint density at radius 3 is 2.36 bits per heavy atom. The molecule has 2 N–H and O–H groups in total. The Kier molecular flexibility index (Phi) is 8.26. The highest BCUT2D eigenvalue weighted by atomic mass is 35.5. The predicted molar refractivity (Wildman–Crippen MR) is 105 cm³/mol. The Balaban J connectivity index is 1.76. The molecular formula is C20H26ClN3O. The van der Waals surface area contributed by atoms with Crippen molar-refractivity contribution in [3.63, 3.8) is 0 Å². The lowest BCUT2D eigenvalue weighted by molar-refractivity contribution is 0.304. The molecular weight excluding hydrogens is 334 g/mol. The van der Waals surface area contributed by atoms with Crippen LogP contribution in [-0.4, -0.2) is 6.61 Å². The lowest BCUT2D eigenvalue weighted by atomic mass is 10.1. The lowest BCUT2D eigenvalue weighted by Crippen LogP contribution is -1.96. The summed E-state index contributed by atoms with van der Waals surface area (Å²) >= 11 is 6.08. The highest BCUT2D eigenvalue weighted by molar-refractivity contribution is 6.33. The number of nitrogen functional groups attached to an aromatic ring is 1. The summed E-state index contributed by atoms with van der Waals surface area (Å²) in [4.78, 5) is 0. The van der Waals surface area contributed by atoms with Gasteiger partial charge in [0, 0.05) is 5.69 Å².